The summed E-state index contributed by atoms with van der Waals surface area (Å²) in [6.45, 7) is 1.97. The van der Waals surface area contributed by atoms with E-state index in [4.69, 9.17) is 0 Å². The summed E-state index contributed by atoms with van der Waals surface area (Å²) in [6.07, 6.45) is 0.781. The maximum absolute atomic E-state index is 10.3. The number of hydrogen-bond donors (Lipinski definition) is 1. The van der Waals surface area contributed by atoms with Crippen molar-refractivity contribution in [2.45, 2.75) is 13.3 Å². The molecule has 0 saturated heterocycles. The van der Waals surface area contributed by atoms with Crippen LogP contribution in [0.2, 0.25) is 0 Å². The molecule has 0 unspecified atom stereocenters. The van der Waals surface area contributed by atoms with Crippen molar-refractivity contribution in [2.75, 3.05) is 6.54 Å². The topological polar surface area (TPSA) is 64.5 Å². The first-order valence-electron chi connectivity index (χ1n) is 4.82. The van der Waals surface area contributed by atoms with Gasteiger partial charge in [0.05, 0.1) is 11.7 Å². The Kier molecular flexibility index (Phi) is 8.51. The summed E-state index contributed by atoms with van der Waals surface area (Å²) in [6, 6.07) is 7.92. The Bertz CT molecular complexity index is 410. The third kappa shape index (κ3) is 6.83. The number of benzene rings is 1. The summed E-state index contributed by atoms with van der Waals surface area (Å²) in [5, 5.41) is 14.0. The first kappa shape index (κ1) is 16.6. The van der Waals surface area contributed by atoms with Crippen molar-refractivity contribution in [3.8, 4) is 0 Å². The molecule has 0 aromatic heterocycles. The zero-order chi connectivity index (χ0) is 12.0. The molecule has 1 N–H and O–H groups in total. The monoisotopic (exact) mass is 306 g/mol. The van der Waals surface area contributed by atoms with Crippen LogP contribution in [0, 0.1) is 0 Å². The van der Waals surface area contributed by atoms with Crippen molar-refractivity contribution in [1.29, 1.82) is 0 Å². The molecule has 0 aliphatic heterocycles. The quantitative estimate of drug-likeness (QED) is 0.288. The Labute approximate surface area is 131 Å². The van der Waals surface area contributed by atoms with E-state index < -0.39 is 5.97 Å². The summed E-state index contributed by atoms with van der Waals surface area (Å²) < 4.78 is 1.03. The molecule has 0 heterocycles. The molecule has 86 valence electrons. The van der Waals surface area contributed by atoms with Gasteiger partial charge in [0.25, 0.3) is 0 Å². The largest absolute Gasteiger partial charge is 1.00 e. The van der Waals surface area contributed by atoms with Crippen LogP contribution in [0.15, 0.2) is 33.8 Å². The smallest absolute Gasteiger partial charge is 0.543 e. The molecule has 1 rings (SSSR count). The minimum Gasteiger partial charge on any atom is -0.543 e. The number of nitrogens with zero attached hydrogens (tertiary/aromatic N) is 1. The van der Waals surface area contributed by atoms with Crippen LogP contribution < -0.4 is 40.1 Å². The number of hydrogen-bond acceptors (Lipinski definition) is 4. The van der Waals surface area contributed by atoms with Crippen LogP contribution in [0.4, 0.5) is 0 Å². The van der Waals surface area contributed by atoms with Gasteiger partial charge in [-0.1, -0.05) is 28.1 Å². The van der Waals surface area contributed by atoms with Gasteiger partial charge in [0.1, 0.15) is 0 Å². The molecule has 0 atom stereocenters. The molecule has 0 spiro atoms. The molecule has 17 heavy (non-hydrogen) atoms. The molecule has 1 aromatic carbocycles. The van der Waals surface area contributed by atoms with Gasteiger partial charge in [-0.2, -0.15) is 5.10 Å². The second-order valence-electron chi connectivity index (χ2n) is 3.27. The maximum Gasteiger partial charge on any atom is 1.00 e. The Morgan fingerprint density at radius 2 is 2.24 bits per heavy atom. The molecular weight excluding hydrogens is 295 g/mol. The van der Waals surface area contributed by atoms with Crippen LogP contribution >= 0.6 is 15.9 Å². The molecule has 0 aliphatic carbocycles. The molecule has 0 aliphatic rings. The van der Waals surface area contributed by atoms with Gasteiger partial charge in [-0.25, -0.2) is 0 Å². The molecule has 0 bridgehead atoms. The summed E-state index contributed by atoms with van der Waals surface area (Å²) >= 11 is 3.38. The number of carboxylic acid groups (broad SMARTS) is 1. The SMILES string of the molecule is CC(=NNCCc1cccc(Br)c1)C(=O)[O-].[Na+]. The van der Waals surface area contributed by atoms with Gasteiger partial charge in [-0.3, -0.25) is 0 Å². The fourth-order valence-corrected chi connectivity index (χ4v) is 1.56. The van der Waals surface area contributed by atoms with Crippen molar-refractivity contribution in [2.24, 2.45) is 5.10 Å². The molecule has 1 aromatic rings. The van der Waals surface area contributed by atoms with Gasteiger partial charge < -0.3 is 15.3 Å². The zero-order valence-electron chi connectivity index (χ0n) is 9.87. The van der Waals surface area contributed by atoms with Crippen LogP contribution in [-0.4, -0.2) is 18.2 Å². The van der Waals surface area contributed by atoms with E-state index in [-0.39, 0.29) is 35.3 Å². The van der Waals surface area contributed by atoms with Crippen molar-refractivity contribution in [3.05, 3.63) is 34.3 Å². The van der Waals surface area contributed by atoms with Crippen LogP contribution in [0.3, 0.4) is 0 Å². The predicted octanol–water partition coefficient (Wildman–Crippen LogP) is -2.29. The first-order valence-corrected chi connectivity index (χ1v) is 5.62. The average Bonchev–Trinajstić information content (AvgIpc) is 2.24. The summed E-state index contributed by atoms with van der Waals surface area (Å²) in [4.78, 5) is 10.3. The fourth-order valence-electron chi connectivity index (χ4n) is 1.11. The molecule has 0 fully saturated rings. The summed E-state index contributed by atoms with van der Waals surface area (Å²) in [5.41, 5.74) is 3.79. The van der Waals surface area contributed by atoms with Gasteiger partial charge in [-0.15, -0.1) is 0 Å². The van der Waals surface area contributed by atoms with Gasteiger partial charge in [0, 0.05) is 11.0 Å². The maximum atomic E-state index is 10.3. The summed E-state index contributed by atoms with van der Waals surface area (Å²) in [7, 11) is 0. The zero-order valence-corrected chi connectivity index (χ0v) is 13.5. The standard InChI is InChI=1S/C11H13BrN2O2.Na/c1-8(11(15)16)14-13-6-5-9-3-2-4-10(12)7-9;/h2-4,7,13H,5-6H2,1H3,(H,15,16);/q;+1/p-1. The predicted molar refractivity (Wildman–Crippen MR) is 64.0 cm³/mol. The van der Waals surface area contributed by atoms with E-state index in [2.05, 4.69) is 26.5 Å². The van der Waals surface area contributed by atoms with E-state index in [0.29, 0.717) is 6.54 Å². The van der Waals surface area contributed by atoms with Crippen LogP contribution in [0.25, 0.3) is 0 Å². The third-order valence-corrected chi connectivity index (χ3v) is 2.45. The van der Waals surface area contributed by atoms with Gasteiger partial charge >= 0.3 is 29.6 Å². The normalized spacial score (nSPS) is 10.6. The number of aliphatic carboxylic acids is 1. The fraction of sp³-hybridized carbons (Fsp3) is 0.273. The average molecular weight is 307 g/mol. The van der Waals surface area contributed by atoms with Crippen molar-refractivity contribution < 1.29 is 39.5 Å². The van der Waals surface area contributed by atoms with Crippen molar-refractivity contribution in [3.63, 3.8) is 0 Å². The van der Waals surface area contributed by atoms with E-state index in [1.165, 1.54) is 6.92 Å². The van der Waals surface area contributed by atoms with E-state index in [0.717, 1.165) is 16.5 Å². The van der Waals surface area contributed by atoms with E-state index in [9.17, 15) is 9.90 Å². The second kappa shape index (κ2) is 8.69. The second-order valence-corrected chi connectivity index (χ2v) is 4.19. The van der Waals surface area contributed by atoms with Crippen LogP contribution in [0.5, 0.6) is 0 Å². The number of carbonyl (C=O) groups is 1. The molecule has 0 radical (unpaired) electrons. The Morgan fingerprint density at radius 1 is 1.53 bits per heavy atom. The van der Waals surface area contributed by atoms with E-state index in [1.54, 1.807) is 0 Å². The Morgan fingerprint density at radius 3 is 2.82 bits per heavy atom. The first-order chi connectivity index (χ1) is 7.59. The van der Waals surface area contributed by atoms with Crippen LogP contribution in [0.1, 0.15) is 12.5 Å². The van der Waals surface area contributed by atoms with Crippen molar-refractivity contribution in [1.82, 2.24) is 5.43 Å². The minimum atomic E-state index is -1.25. The number of hydrazone groups is 1. The number of carboxylic acids is 1. The Hall–Kier alpha value is -0.360. The minimum absolute atomic E-state index is 0. The molecule has 0 amide bonds. The molecule has 6 heteroatoms. The van der Waals surface area contributed by atoms with Gasteiger partial charge in [0.2, 0.25) is 0 Å². The molecule has 0 saturated carbocycles. The van der Waals surface area contributed by atoms with Gasteiger partial charge in [0.15, 0.2) is 0 Å². The number of halogens is 1. The number of carbonyl (C=O) groups excluding carboxylic acids is 1. The van der Waals surface area contributed by atoms with Gasteiger partial charge in [-0.05, 0) is 31.0 Å². The van der Waals surface area contributed by atoms with E-state index >= 15 is 0 Å². The van der Waals surface area contributed by atoms with Crippen molar-refractivity contribution >= 4 is 27.6 Å². The molecular formula is C11H12BrN2NaO2. The van der Waals surface area contributed by atoms with E-state index in [1.807, 2.05) is 24.3 Å². The molecule has 4 nitrogen and oxygen atoms in total. The van der Waals surface area contributed by atoms with Crippen LogP contribution in [-0.2, 0) is 11.2 Å². The third-order valence-electron chi connectivity index (χ3n) is 1.96. The summed E-state index contributed by atoms with van der Waals surface area (Å²) in [5.74, 6) is -1.25. The number of rotatable bonds is 5. The number of nitrogens with one attached hydrogen (secondary N) is 1. The Balaban J connectivity index is 0.00000256.